The summed E-state index contributed by atoms with van der Waals surface area (Å²) in [5.41, 5.74) is 2.03. The van der Waals surface area contributed by atoms with Crippen molar-refractivity contribution in [2.75, 3.05) is 38.2 Å². The minimum Gasteiger partial charge on any atom is -0.495 e. The molecule has 3 heterocycles. The van der Waals surface area contributed by atoms with E-state index >= 15 is 0 Å². The summed E-state index contributed by atoms with van der Waals surface area (Å²) >= 11 is 6.18. The molecule has 3 atom stereocenters. The third kappa shape index (κ3) is 5.60. The Bertz CT molecular complexity index is 1560. The number of carbonyl (C=O) groups is 1. The van der Waals surface area contributed by atoms with Crippen molar-refractivity contribution in [1.82, 2.24) is 9.21 Å². The monoisotopic (exact) mass is 613 g/mol. The Labute approximate surface area is 250 Å². The SMILES string of the molecule is COc1ccc(S(=O)(=O)N2CCC(OCc3ccccc3)C2)cc1N1C2CCC1CN(C(=O)c1ccc(F)cc1Cl)C2. The number of fused-ring (bicyclic) bond motifs is 2. The molecule has 1 amide bonds. The highest BCUT2D eigenvalue weighted by atomic mass is 35.5. The minimum absolute atomic E-state index is 0.0265. The number of rotatable bonds is 8. The van der Waals surface area contributed by atoms with Gasteiger partial charge in [-0.1, -0.05) is 41.9 Å². The second-order valence-electron chi connectivity index (χ2n) is 11.0. The van der Waals surface area contributed by atoms with Gasteiger partial charge < -0.3 is 19.3 Å². The molecule has 0 aliphatic carbocycles. The average molecular weight is 614 g/mol. The minimum atomic E-state index is -3.76. The Balaban J connectivity index is 1.18. The van der Waals surface area contributed by atoms with Gasteiger partial charge >= 0.3 is 0 Å². The molecule has 3 fully saturated rings. The molecule has 0 N–H and O–H groups in total. The number of amides is 1. The number of benzene rings is 3. The number of sulfonamides is 1. The molecule has 222 valence electrons. The van der Waals surface area contributed by atoms with Gasteiger partial charge in [-0.05, 0) is 61.2 Å². The quantitative estimate of drug-likeness (QED) is 0.357. The first kappa shape index (κ1) is 28.9. The van der Waals surface area contributed by atoms with E-state index in [9.17, 15) is 17.6 Å². The van der Waals surface area contributed by atoms with Gasteiger partial charge in [0.25, 0.3) is 5.91 Å². The molecule has 3 aliphatic rings. The largest absolute Gasteiger partial charge is 0.495 e. The van der Waals surface area contributed by atoms with Crippen molar-refractivity contribution in [1.29, 1.82) is 0 Å². The molecule has 0 aromatic heterocycles. The highest BCUT2D eigenvalue weighted by Crippen LogP contribution is 2.42. The Morgan fingerprint density at radius 2 is 1.71 bits per heavy atom. The van der Waals surface area contributed by atoms with Gasteiger partial charge in [0.15, 0.2) is 0 Å². The summed E-state index contributed by atoms with van der Waals surface area (Å²) in [6.07, 6.45) is 2.15. The predicted octanol–water partition coefficient (Wildman–Crippen LogP) is 4.96. The number of halogens is 2. The first-order valence-electron chi connectivity index (χ1n) is 14.1. The Kier molecular flexibility index (Phi) is 8.15. The van der Waals surface area contributed by atoms with Crippen LogP contribution < -0.4 is 9.64 Å². The highest BCUT2D eigenvalue weighted by Gasteiger charge is 2.43. The number of hydrogen-bond donors (Lipinski definition) is 0. The maximum absolute atomic E-state index is 13.7. The first-order chi connectivity index (χ1) is 20.2. The lowest BCUT2D eigenvalue weighted by molar-refractivity contribution is 0.0509. The van der Waals surface area contributed by atoms with Crippen LogP contribution in [0.25, 0.3) is 0 Å². The molecule has 3 aromatic rings. The first-order valence-corrected chi connectivity index (χ1v) is 15.9. The molecule has 2 bridgehead atoms. The Morgan fingerprint density at radius 3 is 2.40 bits per heavy atom. The summed E-state index contributed by atoms with van der Waals surface area (Å²) in [6.45, 7) is 2.01. The number of methoxy groups -OCH3 is 1. The van der Waals surface area contributed by atoms with Crippen LogP contribution in [0.4, 0.5) is 10.1 Å². The molecule has 8 nitrogen and oxygen atoms in total. The maximum Gasteiger partial charge on any atom is 0.255 e. The van der Waals surface area contributed by atoms with Crippen molar-refractivity contribution in [2.24, 2.45) is 0 Å². The maximum atomic E-state index is 13.7. The zero-order chi connectivity index (χ0) is 29.4. The van der Waals surface area contributed by atoms with Crippen molar-refractivity contribution in [2.45, 2.75) is 49.0 Å². The van der Waals surface area contributed by atoms with Crippen molar-refractivity contribution in [3.05, 3.63) is 88.7 Å². The predicted molar refractivity (Wildman–Crippen MR) is 158 cm³/mol. The van der Waals surface area contributed by atoms with Crippen LogP contribution in [0.2, 0.25) is 5.02 Å². The van der Waals surface area contributed by atoms with Gasteiger partial charge in [-0.2, -0.15) is 4.31 Å². The Morgan fingerprint density at radius 1 is 0.976 bits per heavy atom. The molecular weight excluding hydrogens is 581 g/mol. The van der Waals surface area contributed by atoms with Gasteiger partial charge in [-0.3, -0.25) is 4.79 Å². The molecule has 3 aromatic carbocycles. The number of anilines is 1. The van der Waals surface area contributed by atoms with E-state index in [-0.39, 0.29) is 39.6 Å². The van der Waals surface area contributed by atoms with Crippen LogP contribution in [0.3, 0.4) is 0 Å². The molecule has 0 radical (unpaired) electrons. The van der Waals surface area contributed by atoms with Crippen LogP contribution in [-0.2, 0) is 21.4 Å². The number of carbonyl (C=O) groups excluding carboxylic acids is 1. The number of likely N-dealkylation sites (tertiary alicyclic amines) is 1. The second-order valence-corrected chi connectivity index (χ2v) is 13.4. The summed E-state index contributed by atoms with van der Waals surface area (Å²) in [4.78, 5) is 17.4. The molecule has 0 spiro atoms. The van der Waals surface area contributed by atoms with Gasteiger partial charge in [0.2, 0.25) is 10.0 Å². The highest BCUT2D eigenvalue weighted by molar-refractivity contribution is 7.89. The van der Waals surface area contributed by atoms with Crippen molar-refractivity contribution < 1.29 is 27.1 Å². The van der Waals surface area contributed by atoms with E-state index in [1.165, 1.54) is 16.4 Å². The van der Waals surface area contributed by atoms with Crippen LogP contribution in [0.1, 0.15) is 35.2 Å². The van der Waals surface area contributed by atoms with E-state index in [2.05, 4.69) is 4.90 Å². The zero-order valence-corrected chi connectivity index (χ0v) is 24.9. The van der Waals surface area contributed by atoms with E-state index in [0.29, 0.717) is 50.6 Å². The molecule has 6 rings (SSSR count). The molecular formula is C31H33ClFN3O5S. The summed E-state index contributed by atoms with van der Waals surface area (Å²) < 4.78 is 54.2. The van der Waals surface area contributed by atoms with Crippen molar-refractivity contribution in [3.63, 3.8) is 0 Å². The summed E-state index contributed by atoms with van der Waals surface area (Å²) in [6, 6.07) is 18.6. The smallest absolute Gasteiger partial charge is 0.255 e. The lowest BCUT2D eigenvalue weighted by Crippen LogP contribution is -2.55. The normalized spacial score (nSPS) is 22.5. The zero-order valence-electron chi connectivity index (χ0n) is 23.3. The van der Waals surface area contributed by atoms with E-state index in [4.69, 9.17) is 21.1 Å². The van der Waals surface area contributed by atoms with Gasteiger partial charge in [0.05, 0.1) is 41.0 Å². The molecule has 11 heteroatoms. The van der Waals surface area contributed by atoms with Crippen LogP contribution in [0, 0.1) is 5.82 Å². The van der Waals surface area contributed by atoms with Gasteiger partial charge in [-0.25, -0.2) is 12.8 Å². The topological polar surface area (TPSA) is 79.4 Å². The number of nitrogens with zero attached hydrogens (tertiary/aromatic N) is 3. The molecule has 42 heavy (non-hydrogen) atoms. The second kappa shape index (κ2) is 11.8. The van der Waals surface area contributed by atoms with Crippen LogP contribution in [0.5, 0.6) is 5.75 Å². The fourth-order valence-electron chi connectivity index (χ4n) is 6.32. The van der Waals surface area contributed by atoms with Gasteiger partial charge in [0.1, 0.15) is 11.6 Å². The molecule has 0 saturated carbocycles. The van der Waals surface area contributed by atoms with Crippen molar-refractivity contribution in [3.8, 4) is 5.75 Å². The van der Waals surface area contributed by atoms with Gasteiger partial charge in [-0.15, -0.1) is 0 Å². The van der Waals surface area contributed by atoms with E-state index < -0.39 is 15.8 Å². The van der Waals surface area contributed by atoms with E-state index in [0.717, 1.165) is 24.5 Å². The number of ether oxygens (including phenoxy) is 2. The number of hydrogen-bond acceptors (Lipinski definition) is 6. The fraction of sp³-hybridized carbons (Fsp3) is 0.387. The summed E-state index contributed by atoms with van der Waals surface area (Å²) in [7, 11) is -2.19. The summed E-state index contributed by atoms with van der Waals surface area (Å²) in [5.74, 6) is -0.150. The lowest BCUT2D eigenvalue weighted by atomic mass is 10.1. The average Bonchev–Trinajstić information content (AvgIpc) is 3.58. The lowest BCUT2D eigenvalue weighted by Gasteiger charge is -2.43. The third-order valence-corrected chi connectivity index (χ3v) is 10.6. The van der Waals surface area contributed by atoms with Crippen LogP contribution >= 0.6 is 11.6 Å². The standard InChI is InChI=1S/C31H33ClFN3O5S/c1-40-30-12-10-26(42(38,39)35-14-13-25(19-35)41-20-21-5-3-2-4-6-21)16-29(30)36-23-8-9-24(36)18-34(17-23)31(37)27-11-7-22(33)15-28(27)32/h2-7,10-12,15-16,23-25H,8-9,13-14,17-20H2,1H3. The molecule has 3 aliphatic heterocycles. The van der Waals surface area contributed by atoms with Crippen LogP contribution in [-0.4, -0.2) is 75.0 Å². The van der Waals surface area contributed by atoms with Gasteiger partial charge in [0, 0.05) is 38.3 Å². The molecule has 3 saturated heterocycles. The Hall–Kier alpha value is -3.18. The summed E-state index contributed by atoms with van der Waals surface area (Å²) in [5, 5.41) is 0.0870. The van der Waals surface area contributed by atoms with Crippen LogP contribution in [0.15, 0.2) is 71.6 Å². The third-order valence-electron chi connectivity index (χ3n) is 8.43. The fourth-order valence-corrected chi connectivity index (χ4v) is 8.07. The van der Waals surface area contributed by atoms with E-state index in [1.54, 1.807) is 30.2 Å². The molecule has 3 unspecified atom stereocenters. The van der Waals surface area contributed by atoms with E-state index in [1.807, 2.05) is 30.3 Å². The number of piperazine rings is 1. The van der Waals surface area contributed by atoms with Crippen molar-refractivity contribution >= 4 is 33.2 Å².